The highest BCUT2D eigenvalue weighted by molar-refractivity contribution is 5.99. The fourth-order valence-electron chi connectivity index (χ4n) is 7.30. The average molecular weight is 622 g/mol. The van der Waals surface area contributed by atoms with E-state index >= 15 is 0 Å². The van der Waals surface area contributed by atoms with Crippen LogP contribution in [0.15, 0.2) is 54.6 Å². The zero-order valence-corrected chi connectivity index (χ0v) is 27.1. The number of rotatable bonds is 6. The van der Waals surface area contributed by atoms with Crippen LogP contribution >= 0.6 is 0 Å². The van der Waals surface area contributed by atoms with Crippen LogP contribution in [0.5, 0.6) is 0 Å². The van der Waals surface area contributed by atoms with Gasteiger partial charge in [0.1, 0.15) is 23.7 Å². The predicted octanol–water partition coefficient (Wildman–Crippen LogP) is 3.41. The summed E-state index contributed by atoms with van der Waals surface area (Å²) in [7, 11) is 1.71. The van der Waals surface area contributed by atoms with Crippen molar-refractivity contribution in [3.05, 3.63) is 60.2 Å². The number of carbonyl (C=O) groups excluding carboxylic acids is 4. The van der Waals surface area contributed by atoms with Crippen molar-refractivity contribution in [3.8, 4) is 0 Å². The van der Waals surface area contributed by atoms with Gasteiger partial charge in [0.15, 0.2) is 0 Å². The molecule has 0 aromatic heterocycles. The third kappa shape index (κ3) is 6.06. The molecule has 4 heterocycles. The van der Waals surface area contributed by atoms with E-state index < -0.39 is 53.2 Å². The number of benzene rings is 1. The van der Waals surface area contributed by atoms with E-state index in [1.165, 1.54) is 0 Å². The molecule has 0 radical (unpaired) electrons. The van der Waals surface area contributed by atoms with E-state index in [9.17, 15) is 24.3 Å². The maximum absolute atomic E-state index is 14.5. The first-order valence-electron chi connectivity index (χ1n) is 16.2. The molecule has 10 nitrogen and oxygen atoms in total. The SMILES string of the molecule is C[C@@H]1[C@@H](c2ccccc2)OC(=O)[C@@H]2[C@H]3C(=O)N(CCCCCO)[C@@H]4C(=O)N(C(C)(C)C)CC=C[C@]34O[C@@H]2/C=C\CCC(=O)N1C. The van der Waals surface area contributed by atoms with Gasteiger partial charge in [0, 0.05) is 38.7 Å². The number of aliphatic hydroxyl groups is 1. The molecule has 1 aromatic carbocycles. The van der Waals surface area contributed by atoms with E-state index in [1.807, 2.05) is 76.3 Å². The van der Waals surface area contributed by atoms with Crippen LogP contribution in [0.4, 0.5) is 0 Å². The van der Waals surface area contributed by atoms with E-state index in [4.69, 9.17) is 9.47 Å². The zero-order chi connectivity index (χ0) is 32.5. The summed E-state index contributed by atoms with van der Waals surface area (Å²) in [5.41, 5.74) is -1.15. The first-order chi connectivity index (χ1) is 21.4. The van der Waals surface area contributed by atoms with Gasteiger partial charge < -0.3 is 29.3 Å². The summed E-state index contributed by atoms with van der Waals surface area (Å²) < 4.78 is 13.1. The summed E-state index contributed by atoms with van der Waals surface area (Å²) in [4.78, 5) is 61.4. The molecule has 5 rings (SSSR count). The van der Waals surface area contributed by atoms with Crippen LogP contribution in [0.25, 0.3) is 0 Å². The van der Waals surface area contributed by atoms with Crippen molar-refractivity contribution in [2.24, 2.45) is 11.8 Å². The van der Waals surface area contributed by atoms with Crippen LogP contribution < -0.4 is 0 Å². The zero-order valence-electron chi connectivity index (χ0n) is 27.1. The molecule has 1 N–H and O–H groups in total. The Morgan fingerprint density at radius 3 is 2.42 bits per heavy atom. The van der Waals surface area contributed by atoms with Crippen molar-refractivity contribution in [1.29, 1.82) is 0 Å². The molecule has 2 saturated heterocycles. The number of aliphatic hydroxyl groups excluding tert-OH is 1. The van der Waals surface area contributed by atoms with Crippen LogP contribution in [0.1, 0.15) is 71.5 Å². The second kappa shape index (κ2) is 13.1. The van der Waals surface area contributed by atoms with Crippen molar-refractivity contribution < 1.29 is 33.8 Å². The van der Waals surface area contributed by atoms with Crippen molar-refractivity contribution in [2.45, 2.75) is 95.2 Å². The van der Waals surface area contributed by atoms with Crippen LogP contribution in [-0.4, -0.2) is 99.6 Å². The molecule has 2 fully saturated rings. The van der Waals surface area contributed by atoms with Gasteiger partial charge in [-0.15, -0.1) is 0 Å². The molecule has 0 bridgehead atoms. The predicted molar refractivity (Wildman–Crippen MR) is 168 cm³/mol. The standard InChI is InChI=1S/C35H47N3O7/c1-23-29(24-15-8-6-9-16-24)44-33(43)27-25(17-10-11-18-26(40)36(23)5)45-35-19-14-21-38(34(2,3)4)32(42)30(35)37(31(41)28(27)35)20-12-7-13-22-39/h6,8-10,14-17,19,23,25,27-30,39H,7,11-13,18,20-22H2,1-5H3/b17-10-/t23-,25-,27+,28+,29+,30-,35+/m1/s1. The fraction of sp³-hybridized carbons (Fsp3) is 0.600. The van der Waals surface area contributed by atoms with E-state index in [2.05, 4.69) is 0 Å². The van der Waals surface area contributed by atoms with Crippen LogP contribution in [-0.2, 0) is 28.7 Å². The van der Waals surface area contributed by atoms with Crippen LogP contribution in [0, 0.1) is 11.8 Å². The first kappa shape index (κ1) is 32.9. The molecular weight excluding hydrogens is 574 g/mol. The number of amides is 3. The van der Waals surface area contributed by atoms with Crippen LogP contribution in [0.3, 0.4) is 0 Å². The number of hydrogen-bond acceptors (Lipinski definition) is 7. The normalized spacial score (nSPS) is 33.2. The van der Waals surface area contributed by atoms with Crippen molar-refractivity contribution >= 4 is 23.7 Å². The highest BCUT2D eigenvalue weighted by atomic mass is 16.6. The lowest BCUT2D eigenvalue weighted by Gasteiger charge is -2.40. The van der Waals surface area contributed by atoms with Gasteiger partial charge in [0.05, 0.1) is 18.1 Å². The third-order valence-electron chi connectivity index (χ3n) is 9.80. The molecule has 1 aromatic rings. The van der Waals surface area contributed by atoms with E-state index in [1.54, 1.807) is 27.8 Å². The van der Waals surface area contributed by atoms with E-state index in [-0.39, 0.29) is 30.7 Å². The van der Waals surface area contributed by atoms with Gasteiger partial charge in [-0.1, -0.05) is 54.6 Å². The highest BCUT2D eigenvalue weighted by Crippen LogP contribution is 2.53. The molecular formula is C35H47N3O7. The number of likely N-dealkylation sites (tertiary alicyclic amines) is 1. The number of esters is 1. The summed E-state index contributed by atoms with van der Waals surface area (Å²) in [6.45, 7) is 8.44. The molecule has 0 unspecified atom stereocenters. The summed E-state index contributed by atoms with van der Waals surface area (Å²) in [5, 5.41) is 9.32. The van der Waals surface area contributed by atoms with Gasteiger partial charge in [0.2, 0.25) is 17.7 Å². The number of likely N-dealkylation sites (N-methyl/N-ethyl adjacent to an activating group) is 1. The van der Waals surface area contributed by atoms with Crippen molar-refractivity contribution in [1.82, 2.24) is 14.7 Å². The Labute approximate surface area is 266 Å². The molecule has 244 valence electrons. The number of unbranched alkanes of at least 4 members (excludes halogenated alkanes) is 2. The molecule has 4 aliphatic rings. The minimum atomic E-state index is -1.37. The molecule has 4 aliphatic heterocycles. The minimum absolute atomic E-state index is 0.0518. The Bertz CT molecular complexity index is 1340. The highest BCUT2D eigenvalue weighted by Gasteiger charge is 2.72. The number of hydrogen-bond donors (Lipinski definition) is 1. The fourth-order valence-corrected chi connectivity index (χ4v) is 7.30. The quantitative estimate of drug-likeness (QED) is 0.294. The molecule has 45 heavy (non-hydrogen) atoms. The molecule has 7 atom stereocenters. The third-order valence-corrected chi connectivity index (χ3v) is 9.80. The number of fused-ring (bicyclic) bond motifs is 2. The van der Waals surface area contributed by atoms with E-state index in [0.717, 1.165) is 5.56 Å². The maximum atomic E-state index is 14.5. The number of cyclic esters (lactones) is 1. The van der Waals surface area contributed by atoms with Gasteiger partial charge in [-0.3, -0.25) is 19.2 Å². The molecule has 1 spiro atoms. The van der Waals surface area contributed by atoms with Gasteiger partial charge >= 0.3 is 5.97 Å². The Morgan fingerprint density at radius 1 is 1.00 bits per heavy atom. The lowest BCUT2D eigenvalue weighted by Crippen LogP contribution is -2.58. The number of allylic oxidation sites excluding steroid dienone is 1. The average Bonchev–Trinajstić information content (AvgIpc) is 3.38. The first-order valence-corrected chi connectivity index (χ1v) is 16.2. The van der Waals surface area contributed by atoms with Gasteiger partial charge in [-0.05, 0) is 58.9 Å². The number of nitrogens with zero attached hydrogens (tertiary/aromatic N) is 3. The Kier molecular flexibility index (Phi) is 9.56. The second-order valence-corrected chi connectivity index (χ2v) is 13.7. The van der Waals surface area contributed by atoms with Gasteiger partial charge in [-0.2, -0.15) is 0 Å². The molecule has 0 saturated carbocycles. The van der Waals surface area contributed by atoms with E-state index in [0.29, 0.717) is 38.8 Å². The topological polar surface area (TPSA) is 117 Å². The largest absolute Gasteiger partial charge is 0.455 e. The lowest BCUT2D eigenvalue weighted by atomic mass is 9.77. The Morgan fingerprint density at radius 2 is 1.73 bits per heavy atom. The molecule has 3 amide bonds. The smallest absolute Gasteiger partial charge is 0.313 e. The van der Waals surface area contributed by atoms with Crippen molar-refractivity contribution in [2.75, 3.05) is 26.7 Å². The second-order valence-electron chi connectivity index (χ2n) is 13.7. The van der Waals surface area contributed by atoms with Gasteiger partial charge in [0.25, 0.3) is 0 Å². The van der Waals surface area contributed by atoms with Crippen LogP contribution in [0.2, 0.25) is 0 Å². The van der Waals surface area contributed by atoms with Gasteiger partial charge in [-0.25, -0.2) is 0 Å². The number of ether oxygens (including phenoxy) is 2. The monoisotopic (exact) mass is 621 g/mol. The summed E-state index contributed by atoms with van der Waals surface area (Å²) in [6.07, 6.45) is 8.27. The minimum Gasteiger partial charge on any atom is -0.455 e. The Balaban J connectivity index is 1.59. The summed E-state index contributed by atoms with van der Waals surface area (Å²) >= 11 is 0. The maximum Gasteiger partial charge on any atom is 0.313 e. The lowest BCUT2D eigenvalue weighted by molar-refractivity contribution is -0.164. The Hall–Kier alpha value is -3.50. The summed E-state index contributed by atoms with van der Waals surface area (Å²) in [6, 6.07) is 7.88. The molecule has 10 heteroatoms. The van der Waals surface area contributed by atoms with Crippen molar-refractivity contribution in [3.63, 3.8) is 0 Å². The molecule has 0 aliphatic carbocycles. The summed E-state index contributed by atoms with van der Waals surface area (Å²) in [5.74, 6) is -3.17. The number of carbonyl (C=O) groups is 4.